The second kappa shape index (κ2) is 6.34. The van der Waals surface area contributed by atoms with Gasteiger partial charge in [-0.2, -0.15) is 0 Å². The second-order valence-electron chi connectivity index (χ2n) is 4.91. The number of fused-ring (bicyclic) bond motifs is 1. The minimum absolute atomic E-state index is 0.743. The zero-order chi connectivity index (χ0) is 13.9. The Labute approximate surface area is 131 Å². The van der Waals surface area contributed by atoms with Crippen LogP contribution in [0.4, 0.5) is 0 Å². The molecule has 20 heavy (non-hydrogen) atoms. The lowest BCUT2D eigenvalue weighted by Gasteiger charge is -2.26. The Balaban J connectivity index is 1.68. The van der Waals surface area contributed by atoms with Gasteiger partial charge in [0.1, 0.15) is 0 Å². The van der Waals surface area contributed by atoms with Crippen molar-refractivity contribution in [3.63, 3.8) is 0 Å². The Kier molecular flexibility index (Phi) is 4.50. The number of hydrogen-bond donors (Lipinski definition) is 1. The molecule has 1 N–H and O–H groups in total. The molecule has 2 aromatic rings. The topological polar surface area (TPSA) is 46.1 Å². The zero-order valence-corrected chi connectivity index (χ0v) is 13.5. The summed E-state index contributed by atoms with van der Waals surface area (Å²) >= 11 is 8.81. The fourth-order valence-electron chi connectivity index (χ4n) is 2.50. The summed E-state index contributed by atoms with van der Waals surface area (Å²) in [7, 11) is 0. The van der Waals surface area contributed by atoms with E-state index in [1.807, 2.05) is 12.3 Å². The maximum absolute atomic E-state index is 5.38. The lowest BCUT2D eigenvalue weighted by Crippen LogP contribution is -2.37. The van der Waals surface area contributed by atoms with Gasteiger partial charge < -0.3 is 14.3 Å². The Morgan fingerprint density at radius 1 is 1.35 bits per heavy atom. The van der Waals surface area contributed by atoms with Gasteiger partial charge in [0.2, 0.25) is 0 Å². The number of imidazole rings is 1. The van der Waals surface area contributed by atoms with Crippen molar-refractivity contribution in [2.45, 2.75) is 13.0 Å². The van der Waals surface area contributed by atoms with Crippen molar-refractivity contribution < 1.29 is 4.74 Å². The highest BCUT2D eigenvalue weighted by atomic mass is 79.9. The van der Waals surface area contributed by atoms with Crippen molar-refractivity contribution in [3.8, 4) is 0 Å². The van der Waals surface area contributed by atoms with Crippen LogP contribution in [-0.2, 0) is 11.3 Å². The van der Waals surface area contributed by atoms with Crippen LogP contribution < -0.4 is 0 Å². The Morgan fingerprint density at radius 2 is 2.15 bits per heavy atom. The highest BCUT2D eigenvalue weighted by Crippen LogP contribution is 2.17. The SMILES string of the molecule is S=c1[nH]c2cc(Br)cnc2n1CCCN1CCOCC1. The van der Waals surface area contributed by atoms with Crippen LogP contribution in [0, 0.1) is 4.77 Å². The van der Waals surface area contributed by atoms with E-state index in [1.165, 1.54) is 0 Å². The van der Waals surface area contributed by atoms with Crippen LogP contribution in [0.25, 0.3) is 11.2 Å². The summed E-state index contributed by atoms with van der Waals surface area (Å²) in [5, 5.41) is 0. The predicted molar refractivity (Wildman–Crippen MR) is 84.5 cm³/mol. The smallest absolute Gasteiger partial charge is 0.179 e. The number of nitrogens with zero attached hydrogens (tertiary/aromatic N) is 3. The predicted octanol–water partition coefficient (Wildman–Crippen LogP) is 2.58. The van der Waals surface area contributed by atoms with Gasteiger partial charge in [0.05, 0.1) is 18.7 Å². The molecule has 0 spiro atoms. The van der Waals surface area contributed by atoms with Gasteiger partial charge in [-0.15, -0.1) is 0 Å². The summed E-state index contributed by atoms with van der Waals surface area (Å²) < 4.78 is 9.14. The normalized spacial score (nSPS) is 16.9. The highest BCUT2D eigenvalue weighted by molar-refractivity contribution is 9.10. The first-order valence-electron chi connectivity index (χ1n) is 6.78. The van der Waals surface area contributed by atoms with Gasteiger partial charge in [-0.3, -0.25) is 4.90 Å². The van der Waals surface area contributed by atoms with Gasteiger partial charge in [-0.1, -0.05) is 0 Å². The van der Waals surface area contributed by atoms with Crippen LogP contribution >= 0.6 is 28.1 Å². The molecule has 7 heteroatoms. The van der Waals surface area contributed by atoms with Crippen LogP contribution in [0.2, 0.25) is 0 Å². The van der Waals surface area contributed by atoms with Crippen LogP contribution in [0.15, 0.2) is 16.7 Å². The van der Waals surface area contributed by atoms with Crippen LogP contribution in [-0.4, -0.2) is 52.3 Å². The minimum atomic E-state index is 0.743. The van der Waals surface area contributed by atoms with E-state index >= 15 is 0 Å². The van der Waals surface area contributed by atoms with Crippen molar-refractivity contribution in [2.75, 3.05) is 32.8 Å². The second-order valence-corrected chi connectivity index (χ2v) is 6.22. The molecule has 0 radical (unpaired) electrons. The van der Waals surface area contributed by atoms with E-state index in [9.17, 15) is 0 Å². The number of nitrogens with one attached hydrogen (secondary N) is 1. The maximum atomic E-state index is 5.38. The molecule has 1 saturated heterocycles. The maximum Gasteiger partial charge on any atom is 0.179 e. The molecule has 0 amide bonds. The number of pyridine rings is 1. The lowest BCUT2D eigenvalue weighted by atomic mass is 10.3. The fraction of sp³-hybridized carbons (Fsp3) is 0.538. The molecular formula is C13H17BrN4OS. The fourth-order valence-corrected chi connectivity index (χ4v) is 3.12. The average Bonchev–Trinajstić information content (AvgIpc) is 2.75. The molecule has 3 heterocycles. The van der Waals surface area contributed by atoms with E-state index in [1.54, 1.807) is 0 Å². The molecule has 3 rings (SSSR count). The van der Waals surface area contributed by atoms with Crippen molar-refractivity contribution in [1.82, 2.24) is 19.4 Å². The number of ether oxygens (including phenoxy) is 1. The number of rotatable bonds is 4. The van der Waals surface area contributed by atoms with Crippen LogP contribution in [0.3, 0.4) is 0 Å². The monoisotopic (exact) mass is 356 g/mol. The molecular weight excluding hydrogens is 340 g/mol. The van der Waals surface area contributed by atoms with E-state index in [2.05, 4.69) is 35.4 Å². The third-order valence-electron chi connectivity index (χ3n) is 3.54. The first-order chi connectivity index (χ1) is 9.74. The third-order valence-corrected chi connectivity index (χ3v) is 4.29. The Bertz CT molecular complexity index is 647. The van der Waals surface area contributed by atoms with Gasteiger partial charge in [0, 0.05) is 36.8 Å². The third kappa shape index (κ3) is 3.11. The lowest BCUT2D eigenvalue weighted by molar-refractivity contribution is 0.0369. The molecule has 1 fully saturated rings. The van der Waals surface area contributed by atoms with Crippen molar-refractivity contribution in [2.24, 2.45) is 0 Å². The number of halogens is 1. The Hall–Kier alpha value is -0.760. The molecule has 2 aromatic heterocycles. The van der Waals surface area contributed by atoms with E-state index in [0.717, 1.165) is 66.2 Å². The molecule has 0 unspecified atom stereocenters. The molecule has 108 valence electrons. The van der Waals surface area contributed by atoms with Gasteiger partial charge in [0.25, 0.3) is 0 Å². The average molecular weight is 357 g/mol. The molecule has 1 aliphatic heterocycles. The summed E-state index contributed by atoms with van der Waals surface area (Å²) in [5.74, 6) is 0. The van der Waals surface area contributed by atoms with E-state index < -0.39 is 0 Å². The van der Waals surface area contributed by atoms with E-state index in [-0.39, 0.29) is 0 Å². The van der Waals surface area contributed by atoms with Crippen molar-refractivity contribution in [1.29, 1.82) is 0 Å². The number of aromatic nitrogens is 3. The quantitative estimate of drug-likeness (QED) is 0.855. The number of H-pyrrole nitrogens is 1. The number of morpholine rings is 1. The first-order valence-corrected chi connectivity index (χ1v) is 7.98. The minimum Gasteiger partial charge on any atom is -0.379 e. The summed E-state index contributed by atoms with van der Waals surface area (Å²) in [6.45, 7) is 5.73. The van der Waals surface area contributed by atoms with E-state index in [4.69, 9.17) is 17.0 Å². The first kappa shape index (κ1) is 14.2. The number of aromatic amines is 1. The molecule has 5 nitrogen and oxygen atoms in total. The number of hydrogen-bond acceptors (Lipinski definition) is 4. The van der Waals surface area contributed by atoms with Gasteiger partial charge in [-0.05, 0) is 40.6 Å². The summed E-state index contributed by atoms with van der Waals surface area (Å²) in [4.78, 5) is 10.1. The van der Waals surface area contributed by atoms with Gasteiger partial charge >= 0.3 is 0 Å². The zero-order valence-electron chi connectivity index (χ0n) is 11.1. The Morgan fingerprint density at radius 3 is 2.95 bits per heavy atom. The van der Waals surface area contributed by atoms with Crippen LogP contribution in [0.1, 0.15) is 6.42 Å². The summed E-state index contributed by atoms with van der Waals surface area (Å²) in [6, 6.07) is 2.01. The molecule has 0 atom stereocenters. The molecule has 0 saturated carbocycles. The highest BCUT2D eigenvalue weighted by Gasteiger charge is 2.11. The van der Waals surface area contributed by atoms with E-state index in [0.29, 0.717) is 0 Å². The molecule has 0 aliphatic carbocycles. The largest absolute Gasteiger partial charge is 0.379 e. The van der Waals surface area contributed by atoms with Gasteiger partial charge in [0.15, 0.2) is 10.4 Å². The molecule has 0 aromatic carbocycles. The standard InChI is InChI=1S/C13H17BrN4OS/c14-10-8-11-12(15-9-10)18(13(20)16-11)3-1-2-17-4-6-19-7-5-17/h8-9H,1-7H2,(H,16,20). The number of aryl methyl sites for hydroxylation is 1. The molecule has 0 bridgehead atoms. The van der Waals surface area contributed by atoms with Gasteiger partial charge in [-0.25, -0.2) is 4.98 Å². The molecule has 1 aliphatic rings. The van der Waals surface area contributed by atoms with Crippen molar-refractivity contribution in [3.05, 3.63) is 21.5 Å². The van der Waals surface area contributed by atoms with Crippen molar-refractivity contribution >= 4 is 39.3 Å². The summed E-state index contributed by atoms with van der Waals surface area (Å²) in [5.41, 5.74) is 1.91. The van der Waals surface area contributed by atoms with Crippen LogP contribution in [0.5, 0.6) is 0 Å². The summed E-state index contributed by atoms with van der Waals surface area (Å²) in [6.07, 6.45) is 2.88.